The van der Waals surface area contributed by atoms with Crippen LogP contribution in [0.1, 0.15) is 0 Å². The highest BCUT2D eigenvalue weighted by Gasteiger charge is 2.22. The first-order valence-corrected chi connectivity index (χ1v) is 6.61. The zero-order valence-electron chi connectivity index (χ0n) is 6.44. The van der Waals surface area contributed by atoms with Gasteiger partial charge < -0.3 is 0 Å². The van der Waals surface area contributed by atoms with Crippen LogP contribution in [0.3, 0.4) is 0 Å². The van der Waals surface area contributed by atoms with Gasteiger partial charge in [-0.05, 0) is 22.9 Å². The summed E-state index contributed by atoms with van der Waals surface area (Å²) in [5, 5.41) is 4.00. The van der Waals surface area contributed by atoms with E-state index in [1.165, 1.54) is 4.88 Å². The summed E-state index contributed by atoms with van der Waals surface area (Å²) in [6.45, 7) is 0. The Balaban J connectivity index is 2.36. The Morgan fingerprint density at radius 1 is 1.15 bits per heavy atom. The molecule has 0 radical (unpaired) electrons. The van der Waals surface area contributed by atoms with Crippen LogP contribution in [0.5, 0.6) is 0 Å². The fraction of sp³-hybridized carbons (Fsp3) is 0. The third-order valence-electron chi connectivity index (χ3n) is 1.90. The highest BCUT2D eigenvalue weighted by molar-refractivity contribution is 7.87. The van der Waals surface area contributed by atoms with Gasteiger partial charge in [0.1, 0.15) is 0 Å². The van der Waals surface area contributed by atoms with Crippen molar-refractivity contribution in [2.75, 3.05) is 4.72 Å². The van der Waals surface area contributed by atoms with Crippen LogP contribution in [0, 0.1) is 0 Å². The molecule has 0 fully saturated rings. The van der Waals surface area contributed by atoms with E-state index in [1.807, 2.05) is 22.9 Å². The summed E-state index contributed by atoms with van der Waals surface area (Å²) in [7, 11) is -1.06. The molecule has 0 saturated carbocycles. The molecule has 66 valence electrons. The topological polar surface area (TPSA) is 29.1 Å². The smallest absolute Gasteiger partial charge is 0.151 e. The molecule has 2 aromatic rings. The molecule has 3 rings (SSSR count). The van der Waals surface area contributed by atoms with Crippen molar-refractivity contribution in [3.8, 4) is 9.75 Å². The lowest BCUT2D eigenvalue weighted by atomic mass is 10.3. The van der Waals surface area contributed by atoms with Gasteiger partial charge in [-0.15, -0.1) is 22.7 Å². The molecule has 5 heteroatoms. The summed E-state index contributed by atoms with van der Waals surface area (Å²) < 4.78 is 14.6. The Morgan fingerprint density at radius 3 is 2.85 bits per heavy atom. The van der Waals surface area contributed by atoms with Crippen LogP contribution in [0.25, 0.3) is 9.75 Å². The molecule has 1 unspecified atom stereocenters. The standard InChI is InChI=1S/C8H5NOS3/c10-13-6-2-4-12-8(6)7-5(9-13)1-3-11-7/h1-4,9H. The number of fused-ring (bicyclic) bond motifs is 3. The Bertz CT molecular complexity index is 485. The van der Waals surface area contributed by atoms with Crippen molar-refractivity contribution < 1.29 is 4.21 Å². The monoisotopic (exact) mass is 227 g/mol. The molecule has 2 aromatic heterocycles. The molecule has 1 aliphatic heterocycles. The maximum Gasteiger partial charge on any atom is 0.151 e. The third-order valence-corrected chi connectivity index (χ3v) is 5.17. The van der Waals surface area contributed by atoms with Crippen LogP contribution in [0.15, 0.2) is 27.8 Å². The van der Waals surface area contributed by atoms with Crippen LogP contribution in [0.2, 0.25) is 0 Å². The number of hydrogen-bond acceptors (Lipinski definition) is 3. The van der Waals surface area contributed by atoms with Gasteiger partial charge in [-0.25, -0.2) is 4.21 Å². The number of nitrogens with one attached hydrogen (secondary N) is 1. The van der Waals surface area contributed by atoms with Crippen molar-refractivity contribution in [3.05, 3.63) is 22.9 Å². The lowest BCUT2D eigenvalue weighted by Crippen LogP contribution is -2.08. The minimum atomic E-state index is -1.06. The largest absolute Gasteiger partial charge is 0.300 e. The van der Waals surface area contributed by atoms with Crippen molar-refractivity contribution >= 4 is 39.3 Å². The first-order chi connectivity index (χ1) is 6.36. The molecule has 3 heterocycles. The number of hydrogen-bond donors (Lipinski definition) is 1. The molecule has 1 N–H and O–H groups in total. The predicted octanol–water partition coefficient (Wildman–Crippen LogP) is 2.92. The minimum absolute atomic E-state index is 0.917. The molecule has 2 nitrogen and oxygen atoms in total. The number of anilines is 1. The van der Waals surface area contributed by atoms with Gasteiger partial charge in [-0.3, -0.25) is 4.72 Å². The van der Waals surface area contributed by atoms with Crippen molar-refractivity contribution in [2.45, 2.75) is 4.90 Å². The summed E-state index contributed by atoms with van der Waals surface area (Å²) in [4.78, 5) is 3.28. The fourth-order valence-corrected chi connectivity index (χ4v) is 4.69. The van der Waals surface area contributed by atoms with Gasteiger partial charge in [0, 0.05) is 0 Å². The quantitative estimate of drug-likeness (QED) is 0.736. The van der Waals surface area contributed by atoms with E-state index < -0.39 is 11.0 Å². The lowest BCUT2D eigenvalue weighted by molar-refractivity contribution is 0.686. The van der Waals surface area contributed by atoms with E-state index in [0.717, 1.165) is 15.5 Å². The van der Waals surface area contributed by atoms with Crippen molar-refractivity contribution in [2.24, 2.45) is 0 Å². The molecule has 0 aromatic carbocycles. The van der Waals surface area contributed by atoms with Gasteiger partial charge in [-0.2, -0.15) is 0 Å². The van der Waals surface area contributed by atoms with E-state index in [9.17, 15) is 4.21 Å². The molecular weight excluding hydrogens is 222 g/mol. The zero-order valence-corrected chi connectivity index (χ0v) is 8.89. The highest BCUT2D eigenvalue weighted by atomic mass is 32.2. The van der Waals surface area contributed by atoms with E-state index in [1.54, 1.807) is 22.7 Å². The van der Waals surface area contributed by atoms with Crippen molar-refractivity contribution in [1.82, 2.24) is 0 Å². The summed E-state index contributed by atoms with van der Waals surface area (Å²) in [6.07, 6.45) is 0. The van der Waals surface area contributed by atoms with E-state index in [4.69, 9.17) is 0 Å². The predicted molar refractivity (Wildman–Crippen MR) is 57.7 cm³/mol. The summed E-state index contributed by atoms with van der Waals surface area (Å²) in [6, 6.07) is 3.90. The highest BCUT2D eigenvalue weighted by Crippen LogP contribution is 2.44. The maximum absolute atomic E-state index is 11.6. The second kappa shape index (κ2) is 2.67. The molecule has 0 saturated heterocycles. The molecule has 0 bridgehead atoms. The normalized spacial score (nSPS) is 18.9. The van der Waals surface area contributed by atoms with Crippen LogP contribution >= 0.6 is 22.7 Å². The molecule has 1 atom stereocenters. The van der Waals surface area contributed by atoms with E-state index in [2.05, 4.69) is 4.72 Å². The van der Waals surface area contributed by atoms with Crippen LogP contribution in [0.4, 0.5) is 5.69 Å². The van der Waals surface area contributed by atoms with Gasteiger partial charge >= 0.3 is 0 Å². The third kappa shape index (κ3) is 1.01. The average molecular weight is 227 g/mol. The molecule has 0 spiro atoms. The molecule has 0 aliphatic carbocycles. The first kappa shape index (κ1) is 7.73. The lowest BCUT2D eigenvalue weighted by Gasteiger charge is -2.12. The Kier molecular flexibility index (Phi) is 1.59. The Morgan fingerprint density at radius 2 is 1.92 bits per heavy atom. The first-order valence-electron chi connectivity index (χ1n) is 3.70. The van der Waals surface area contributed by atoms with Crippen LogP contribution < -0.4 is 4.72 Å². The number of rotatable bonds is 0. The number of thiophene rings is 2. The van der Waals surface area contributed by atoms with E-state index >= 15 is 0 Å². The molecule has 13 heavy (non-hydrogen) atoms. The van der Waals surface area contributed by atoms with Gasteiger partial charge in [0.05, 0.1) is 20.3 Å². The second-order valence-electron chi connectivity index (χ2n) is 2.65. The summed E-state index contributed by atoms with van der Waals surface area (Å²) >= 11 is 3.34. The average Bonchev–Trinajstić information content (AvgIpc) is 2.66. The van der Waals surface area contributed by atoms with Gasteiger partial charge in [0.25, 0.3) is 0 Å². The summed E-state index contributed by atoms with van der Waals surface area (Å²) in [5.74, 6) is 0. The van der Waals surface area contributed by atoms with Crippen molar-refractivity contribution in [3.63, 3.8) is 0 Å². The Labute approximate surface area is 85.8 Å². The Hall–Kier alpha value is -0.650. The van der Waals surface area contributed by atoms with E-state index in [0.29, 0.717) is 0 Å². The molecule has 1 aliphatic rings. The van der Waals surface area contributed by atoms with E-state index in [-0.39, 0.29) is 0 Å². The van der Waals surface area contributed by atoms with Gasteiger partial charge in [0.15, 0.2) is 11.0 Å². The fourth-order valence-electron chi connectivity index (χ4n) is 1.33. The molecule has 0 amide bonds. The van der Waals surface area contributed by atoms with Crippen LogP contribution in [-0.2, 0) is 11.0 Å². The summed E-state index contributed by atoms with van der Waals surface area (Å²) in [5.41, 5.74) is 0.998. The molecular formula is C8H5NOS3. The zero-order chi connectivity index (χ0) is 8.84. The second-order valence-corrected chi connectivity index (χ2v) is 5.66. The maximum atomic E-state index is 11.6. The van der Waals surface area contributed by atoms with Gasteiger partial charge in [-0.1, -0.05) is 0 Å². The SMILES string of the molecule is O=S1Nc2ccsc2-c2sccc21. The minimum Gasteiger partial charge on any atom is -0.300 e. The van der Waals surface area contributed by atoms with Crippen molar-refractivity contribution in [1.29, 1.82) is 0 Å². The van der Waals surface area contributed by atoms with Gasteiger partial charge in [0.2, 0.25) is 0 Å². The van der Waals surface area contributed by atoms with Crippen LogP contribution in [-0.4, -0.2) is 4.21 Å².